The lowest BCUT2D eigenvalue weighted by atomic mass is 9.43. The summed E-state index contributed by atoms with van der Waals surface area (Å²) in [5.74, 6) is -4.61. The van der Waals surface area contributed by atoms with Gasteiger partial charge >= 0.3 is 23.9 Å². The van der Waals surface area contributed by atoms with Crippen LogP contribution in [0.3, 0.4) is 0 Å². The number of esters is 3. The van der Waals surface area contributed by atoms with Gasteiger partial charge in [0.1, 0.15) is 44.6 Å². The monoisotopic (exact) mass is 983 g/mol. The number of fused-ring (bicyclic) bond motifs is 5. The molecule has 1 aromatic carbocycles. The van der Waals surface area contributed by atoms with Gasteiger partial charge in [-0.15, -0.1) is 0 Å². The fourth-order valence-corrected chi connectivity index (χ4v) is 12.1. The van der Waals surface area contributed by atoms with Crippen molar-refractivity contribution >= 4 is 41.6 Å². The molecule has 4 aliphatic carbocycles. The molecule has 1 aromatic rings. The Balaban J connectivity index is 1.42. The topological polar surface area (TPSA) is 280 Å². The first-order valence-corrected chi connectivity index (χ1v) is 25.5. The van der Waals surface area contributed by atoms with Gasteiger partial charge in [0.25, 0.3) is 0 Å². The molecule has 4 saturated carbocycles. The summed E-state index contributed by atoms with van der Waals surface area (Å²) in [5.41, 5.74) is 18.0. The Morgan fingerprint density at radius 3 is 1.76 bits per heavy atom. The van der Waals surface area contributed by atoms with Crippen LogP contribution < -0.4 is 33.2 Å². The maximum atomic E-state index is 13.9. The fraction of sp³-hybridized carbons (Fsp3) is 0.750. The van der Waals surface area contributed by atoms with Gasteiger partial charge in [-0.1, -0.05) is 92.6 Å². The van der Waals surface area contributed by atoms with E-state index in [0.717, 1.165) is 18.4 Å². The highest BCUT2D eigenvalue weighted by atomic mass is 17.2. The predicted molar refractivity (Wildman–Crippen MR) is 259 cm³/mol. The molecule has 4 fully saturated rings. The summed E-state index contributed by atoms with van der Waals surface area (Å²) in [7, 11) is 0. The summed E-state index contributed by atoms with van der Waals surface area (Å²) in [6, 6.07) is 7.10. The molecule has 3 amide bonds. The van der Waals surface area contributed by atoms with Crippen molar-refractivity contribution < 1.29 is 57.5 Å². The van der Waals surface area contributed by atoms with Gasteiger partial charge in [0, 0.05) is 17.8 Å². The van der Waals surface area contributed by atoms with E-state index < -0.39 is 84.0 Å². The molecule has 0 aliphatic heterocycles. The van der Waals surface area contributed by atoms with Gasteiger partial charge in [0.15, 0.2) is 0 Å². The average molecular weight is 983 g/mol. The lowest BCUT2D eigenvalue weighted by molar-refractivity contribution is -0.345. The molecule has 392 valence electrons. The van der Waals surface area contributed by atoms with E-state index in [0.29, 0.717) is 38.5 Å². The Morgan fingerprint density at radius 1 is 0.657 bits per heavy atom. The lowest BCUT2D eigenvalue weighted by Crippen LogP contribution is -2.63. The van der Waals surface area contributed by atoms with E-state index in [1.807, 2.05) is 58.0 Å². The zero-order valence-electron chi connectivity index (χ0n) is 42.9. The maximum Gasteiger partial charge on any atom is 0.361 e. The molecule has 0 heterocycles. The quantitative estimate of drug-likeness (QED) is 0.0415. The lowest BCUT2D eigenvalue weighted by Gasteiger charge is -2.64. The number of hydrogen-bond donors (Lipinski definition) is 6. The van der Waals surface area contributed by atoms with Crippen molar-refractivity contribution in [3.05, 3.63) is 35.9 Å². The number of amides is 3. The summed E-state index contributed by atoms with van der Waals surface area (Å²) in [6.45, 7) is 16.4. The number of nitrogens with one attached hydrogen (secondary N) is 3. The fourth-order valence-electron chi connectivity index (χ4n) is 12.1. The third-order valence-electron chi connectivity index (χ3n) is 16.6. The summed E-state index contributed by atoms with van der Waals surface area (Å²) in [5, 5.41) is 7.81. The van der Waals surface area contributed by atoms with Crippen molar-refractivity contribution in [3.8, 4) is 0 Å². The number of ether oxygens (including phenoxy) is 3. The van der Waals surface area contributed by atoms with E-state index in [9.17, 15) is 33.6 Å². The third kappa shape index (κ3) is 13.6. The van der Waals surface area contributed by atoms with E-state index in [-0.39, 0.29) is 90.8 Å². The SMILES string of the molecule is CC(C)[C@H](N)C(=O)NCC(=O)OO[C@H]1C[C@H]2[C@@H]([C@H](OC(=O)CNC(=O)[C@@H](N)C(C)C)C[C@@H]3C[C@H](OC(=O)CNC(=O)[C@@H](N)C(C)C)CC[C@@]32C)[C@@H]2CC[C@H]([C@H](C)CCC(=O)OCc3ccccc3)[C@@]12C. The van der Waals surface area contributed by atoms with Crippen LogP contribution in [0.15, 0.2) is 30.3 Å². The molecule has 5 rings (SSSR count). The van der Waals surface area contributed by atoms with Gasteiger partial charge in [-0.05, 0) is 110 Å². The zero-order valence-corrected chi connectivity index (χ0v) is 42.9. The highest BCUT2D eigenvalue weighted by Gasteiger charge is 2.68. The van der Waals surface area contributed by atoms with Gasteiger partial charge in [0.05, 0.1) is 18.1 Å². The highest BCUT2D eigenvalue weighted by Crippen LogP contribution is 2.69. The van der Waals surface area contributed by atoms with Crippen molar-refractivity contribution in [2.45, 2.75) is 163 Å². The van der Waals surface area contributed by atoms with Gasteiger partial charge < -0.3 is 47.4 Å². The Bertz CT molecular complexity index is 1990. The number of benzene rings is 1. The molecule has 0 spiro atoms. The molecular weight excluding hydrogens is 901 g/mol. The molecule has 0 unspecified atom stereocenters. The first kappa shape index (κ1) is 56.3. The van der Waals surface area contributed by atoms with E-state index in [4.69, 9.17) is 41.2 Å². The third-order valence-corrected chi connectivity index (χ3v) is 16.6. The van der Waals surface area contributed by atoms with E-state index in [2.05, 4.69) is 36.7 Å². The van der Waals surface area contributed by atoms with Crippen molar-refractivity contribution in [2.24, 2.45) is 81.3 Å². The van der Waals surface area contributed by atoms with Gasteiger partial charge in [-0.3, -0.25) is 33.7 Å². The Kier molecular flexibility index (Phi) is 19.8. The number of rotatable bonds is 22. The second kappa shape index (κ2) is 24.7. The minimum atomic E-state index is -0.816. The van der Waals surface area contributed by atoms with E-state index in [1.54, 1.807) is 13.8 Å². The molecule has 4 aliphatic rings. The van der Waals surface area contributed by atoms with Crippen molar-refractivity contribution in [2.75, 3.05) is 19.6 Å². The number of carbonyl (C=O) groups is 7. The highest BCUT2D eigenvalue weighted by molar-refractivity contribution is 5.87. The standard InChI is InChI=1S/C52H82N6O12/c1-28(2)45(53)48(63)56-24-41(60)67-34-19-20-51(8)33(21-34)22-38(68-42(61)25-57-49(64)46(54)29(3)4)44-36-17-16-35(31(7)15-18-40(59)66-27-32-13-11-10-12-14-32)52(36,9)39(23-37(44)51)69-70-43(62)26-58-50(65)47(55)30(5)6/h10-14,28-31,33-39,44-47H,15-27,53-55H2,1-9H3,(H,56,63)(H,57,64)(H,58,65)/t31-,33+,34-,35-,36+,37+,38-,39+,44+,45+,46+,47+,51+,52-/m1/s1. The first-order valence-electron chi connectivity index (χ1n) is 25.5. The molecular formula is C52H82N6O12. The van der Waals surface area contributed by atoms with Crippen LogP contribution in [-0.2, 0) is 64.2 Å². The normalized spacial score (nSPS) is 29.8. The number of carbonyl (C=O) groups excluding carboxylic acids is 7. The van der Waals surface area contributed by atoms with Crippen molar-refractivity contribution in [3.63, 3.8) is 0 Å². The summed E-state index contributed by atoms with van der Waals surface area (Å²) in [6.07, 6.45) is 3.10. The summed E-state index contributed by atoms with van der Waals surface area (Å²) >= 11 is 0. The maximum absolute atomic E-state index is 13.9. The van der Waals surface area contributed by atoms with Gasteiger partial charge in [-0.2, -0.15) is 4.89 Å². The minimum absolute atomic E-state index is 0.00115. The predicted octanol–water partition coefficient (Wildman–Crippen LogP) is 3.99. The van der Waals surface area contributed by atoms with Crippen LogP contribution >= 0.6 is 0 Å². The van der Waals surface area contributed by atoms with Crippen molar-refractivity contribution in [1.82, 2.24) is 16.0 Å². The zero-order chi connectivity index (χ0) is 51.7. The Labute approximate surface area is 413 Å². The van der Waals surface area contributed by atoms with Crippen LogP contribution in [0.1, 0.15) is 126 Å². The first-order chi connectivity index (χ1) is 33.0. The van der Waals surface area contributed by atoms with Crippen LogP contribution in [0.5, 0.6) is 0 Å². The molecule has 0 radical (unpaired) electrons. The largest absolute Gasteiger partial charge is 0.461 e. The molecule has 14 atom stereocenters. The van der Waals surface area contributed by atoms with Crippen LogP contribution in [0, 0.1) is 64.1 Å². The number of hydrogen-bond acceptors (Lipinski definition) is 15. The smallest absolute Gasteiger partial charge is 0.361 e. The van der Waals surface area contributed by atoms with Crippen LogP contribution in [0.4, 0.5) is 0 Å². The van der Waals surface area contributed by atoms with E-state index >= 15 is 0 Å². The Hall–Kier alpha value is -4.65. The Morgan fingerprint density at radius 2 is 1.20 bits per heavy atom. The van der Waals surface area contributed by atoms with Crippen LogP contribution in [0.25, 0.3) is 0 Å². The summed E-state index contributed by atoms with van der Waals surface area (Å²) in [4.78, 5) is 103. The molecule has 0 bridgehead atoms. The van der Waals surface area contributed by atoms with Gasteiger partial charge in [-0.25, -0.2) is 4.79 Å². The molecule has 18 nitrogen and oxygen atoms in total. The summed E-state index contributed by atoms with van der Waals surface area (Å²) < 4.78 is 18.1. The molecule has 70 heavy (non-hydrogen) atoms. The molecule has 0 aromatic heterocycles. The van der Waals surface area contributed by atoms with Gasteiger partial charge in [0.2, 0.25) is 17.7 Å². The van der Waals surface area contributed by atoms with Crippen LogP contribution in [0.2, 0.25) is 0 Å². The second-order valence-corrected chi connectivity index (χ2v) is 22.1. The average Bonchev–Trinajstić information content (AvgIpc) is 3.69. The minimum Gasteiger partial charge on any atom is -0.461 e. The number of nitrogens with two attached hydrogens (primary N) is 3. The second-order valence-electron chi connectivity index (χ2n) is 22.1. The molecule has 0 saturated heterocycles. The molecule has 18 heteroatoms. The van der Waals surface area contributed by atoms with E-state index in [1.165, 1.54) is 0 Å². The molecule has 9 N–H and O–H groups in total. The van der Waals surface area contributed by atoms with Crippen molar-refractivity contribution in [1.29, 1.82) is 0 Å². The van der Waals surface area contributed by atoms with Crippen LogP contribution in [-0.4, -0.2) is 97.7 Å².